The van der Waals surface area contributed by atoms with E-state index in [0.717, 1.165) is 48.9 Å². The number of benzene rings is 18. The summed E-state index contributed by atoms with van der Waals surface area (Å²) in [4.78, 5) is 2.43. The molecule has 18 aromatic carbocycles. The maximum absolute atomic E-state index is 16.6. The molecule has 2 aliphatic carbocycles. The van der Waals surface area contributed by atoms with Crippen molar-refractivity contribution in [1.29, 1.82) is 0 Å². The van der Waals surface area contributed by atoms with E-state index < -0.39 is 35.8 Å². The van der Waals surface area contributed by atoms with Crippen LogP contribution in [0.25, 0.3) is 22.3 Å². The fourth-order valence-electron chi connectivity index (χ4n) is 22.1. The quantitative estimate of drug-likeness (QED) is 0.128. The Balaban J connectivity index is 0.000000130. The Labute approximate surface area is 735 Å². The highest BCUT2D eigenvalue weighted by atomic mass is 35.5. The molecule has 4 nitrogen and oxygen atoms in total. The van der Waals surface area contributed by atoms with Gasteiger partial charge < -0.3 is 19.3 Å². The first kappa shape index (κ1) is 78.0. The SMILES string of the molecule is C.Cc1ccc2c(c1)C1(c3cc(C)ccc3N2)c2ccccc2-c2ccccc21.Cc1ccc2c(c1)C1(c3ccccc3-c3ccccc31)c1cc(C)ccc1N2c1ccc(P2(=O)c3ccccc3[Si](c3ccccc3)(c3ccccc3)c3ccccc32)cc1.O=P1(c2ccc(Cl)cc2)c2ccccc2[Si](c2ccccc2)(c2ccccc2)c2ccccc21.[2HH]. The van der Waals surface area contributed by atoms with Gasteiger partial charge in [0.05, 0.1) is 22.2 Å². The van der Waals surface area contributed by atoms with Crippen LogP contribution in [0.2, 0.25) is 5.02 Å². The van der Waals surface area contributed by atoms with E-state index in [9.17, 15) is 0 Å². The molecular formula is C115H91ClN2O2P2Si2. The topological polar surface area (TPSA) is 49.4 Å². The van der Waals surface area contributed by atoms with Crippen LogP contribution in [0, 0.1) is 27.7 Å². The zero-order chi connectivity index (χ0) is 83.0. The maximum atomic E-state index is 16.6. The summed E-state index contributed by atoms with van der Waals surface area (Å²) in [5.74, 6) is 0. The summed E-state index contributed by atoms with van der Waals surface area (Å²) in [5, 5.41) is 19.8. The number of nitrogens with zero attached hydrogens (tertiary/aromatic N) is 1. The van der Waals surface area contributed by atoms with Crippen LogP contribution in [0.5, 0.6) is 0 Å². The molecule has 4 heterocycles. The van der Waals surface area contributed by atoms with Crippen LogP contribution in [0.4, 0.5) is 28.4 Å². The number of anilines is 5. The molecule has 6 aliphatic rings. The van der Waals surface area contributed by atoms with E-state index in [1.54, 1.807) is 0 Å². The highest BCUT2D eigenvalue weighted by Crippen LogP contribution is 2.65. The van der Waals surface area contributed by atoms with Gasteiger partial charge in [-0.15, -0.1) is 0 Å². The van der Waals surface area contributed by atoms with Crippen LogP contribution in [0.1, 0.15) is 75.6 Å². The van der Waals surface area contributed by atoms with Crippen molar-refractivity contribution in [1.82, 2.24) is 0 Å². The summed E-state index contributed by atoms with van der Waals surface area (Å²) >= 11 is 6.22. The van der Waals surface area contributed by atoms with E-state index >= 15 is 9.13 Å². The molecule has 0 bridgehead atoms. The molecule has 2 spiro atoms. The molecule has 4 aliphatic heterocycles. The molecule has 0 radical (unpaired) electrons. The van der Waals surface area contributed by atoms with E-state index in [1.807, 2.05) is 36.4 Å². The van der Waals surface area contributed by atoms with E-state index in [2.05, 4.69) is 438 Å². The van der Waals surface area contributed by atoms with E-state index in [-0.39, 0.29) is 14.3 Å². The number of aryl methyl sites for hydroxylation is 4. The minimum Gasteiger partial charge on any atom is -0.355 e. The van der Waals surface area contributed by atoms with Gasteiger partial charge in [-0.05, 0) is 209 Å². The molecule has 0 fully saturated rings. The molecule has 0 amide bonds. The Morgan fingerprint density at radius 1 is 0.274 bits per heavy atom. The summed E-state index contributed by atoms with van der Waals surface area (Å²) in [7, 11) is -12.0. The molecule has 0 unspecified atom stereocenters. The van der Waals surface area contributed by atoms with Crippen LogP contribution < -0.4 is 83.5 Å². The zero-order valence-electron chi connectivity index (χ0n) is 68.6. The minimum absolute atomic E-state index is 0. The monoisotopic (exact) mass is 1690 g/mol. The smallest absolute Gasteiger partial charge is 0.181 e. The van der Waals surface area contributed by atoms with Gasteiger partial charge in [0.25, 0.3) is 0 Å². The summed E-state index contributed by atoms with van der Waals surface area (Å²) < 4.78 is 31.9. The van der Waals surface area contributed by atoms with Crippen molar-refractivity contribution < 1.29 is 10.6 Å². The summed E-state index contributed by atoms with van der Waals surface area (Å²) in [6.45, 7) is 8.78. The fraction of sp³-hybridized carbons (Fsp3) is 0.0609. The lowest BCUT2D eigenvalue weighted by Gasteiger charge is -2.45. The van der Waals surface area contributed by atoms with Gasteiger partial charge in [-0.3, -0.25) is 0 Å². The average Bonchev–Trinajstić information content (AvgIpc) is 1.61. The Bertz CT molecular complexity index is 7010. The van der Waals surface area contributed by atoms with Crippen LogP contribution >= 0.6 is 25.9 Å². The Hall–Kier alpha value is -13.3. The van der Waals surface area contributed by atoms with Crippen molar-refractivity contribution in [3.8, 4) is 22.3 Å². The Kier molecular flexibility index (Phi) is 19.1. The lowest BCUT2D eigenvalue weighted by atomic mass is 9.64. The van der Waals surface area contributed by atoms with Gasteiger partial charge in [0.1, 0.15) is 0 Å². The molecule has 0 aromatic heterocycles. The summed E-state index contributed by atoms with van der Waals surface area (Å²) in [6.07, 6.45) is 0. The van der Waals surface area contributed by atoms with Crippen LogP contribution in [-0.4, -0.2) is 16.1 Å². The standard InChI is InChI=1S/C57H42NOPSi.C30H22ClOPSi.C27H21N.CH4.H2/c1-39-29-35-51-49(37-39)57(47-23-11-9-21-45(47)46-22-10-12-24-48(46)57)50-38-40(2)30-36-52(50)58(51)41-31-33-42(34-32-41)60(59)53-25-13-15-27-55(53)61(43-17-5-3-6-18-43,44-19-7-4-8-20-44)56-28-16-14-26-54(56)60;31-23-19-21-24(22-20-23)33(32)27-15-7-9-17-29(27)34(25-11-3-1-4-12-25,26-13-5-2-6-14-26)30-18-10-8-16-28(30)33;1-17-11-13-25-23(15-17)27(24-16-18(2)12-14-26(24)28-25)21-9-5-3-7-19(21)20-8-4-6-10-22(20)27;;/h3-38H,1-2H3;1-22H;3-16,28H,1-2H3;1H4;1H/i;;;;1+1. The van der Waals surface area contributed by atoms with Gasteiger partial charge in [-0.25, -0.2) is 0 Å². The van der Waals surface area contributed by atoms with Crippen molar-refractivity contribution in [2.24, 2.45) is 0 Å². The molecule has 0 saturated heterocycles. The fourth-order valence-corrected chi connectivity index (χ4v) is 41.5. The first-order valence-corrected chi connectivity index (χ1v) is 50.2. The second-order valence-electron chi connectivity index (χ2n) is 33.5. The molecule has 0 saturated carbocycles. The van der Waals surface area contributed by atoms with E-state index in [0.29, 0.717) is 5.02 Å². The second kappa shape index (κ2) is 30.4. The third kappa shape index (κ3) is 11.3. The van der Waals surface area contributed by atoms with Crippen molar-refractivity contribution in [3.63, 3.8) is 0 Å². The van der Waals surface area contributed by atoms with Crippen LogP contribution in [0.3, 0.4) is 0 Å². The Morgan fingerprint density at radius 3 is 0.855 bits per heavy atom. The van der Waals surface area contributed by atoms with Crippen LogP contribution in [-0.2, 0) is 20.0 Å². The molecule has 124 heavy (non-hydrogen) atoms. The number of halogens is 1. The molecule has 1 N–H and O–H groups in total. The van der Waals surface area contributed by atoms with Gasteiger partial charge in [0, 0.05) is 55.3 Å². The first-order valence-electron chi connectivity index (χ1n) is 42.4. The van der Waals surface area contributed by atoms with Crippen molar-refractivity contribution in [3.05, 3.63) is 509 Å². The van der Waals surface area contributed by atoms with Gasteiger partial charge >= 0.3 is 0 Å². The molecule has 18 aromatic rings. The van der Waals surface area contributed by atoms with E-state index in [1.165, 1.54) is 142 Å². The van der Waals surface area contributed by atoms with Gasteiger partial charge in [0.15, 0.2) is 30.4 Å². The molecule has 0 atom stereocenters. The number of fused-ring (bicyclic) bond motifs is 22. The lowest BCUT2D eigenvalue weighted by Crippen LogP contribution is -2.81. The number of hydrogen-bond acceptors (Lipinski definition) is 4. The molecule has 9 heteroatoms. The van der Waals surface area contributed by atoms with Gasteiger partial charge in [0.2, 0.25) is 0 Å². The second-order valence-corrected chi connectivity index (χ2v) is 46.8. The molecule has 598 valence electrons. The predicted octanol–water partition coefficient (Wildman–Crippen LogP) is 21.1. The highest BCUT2D eigenvalue weighted by molar-refractivity contribution is 7.87. The van der Waals surface area contributed by atoms with Crippen molar-refractivity contribution in [2.75, 3.05) is 10.2 Å². The summed E-state index contributed by atoms with van der Waals surface area (Å²) in [5.41, 5.74) is 26.0. The average molecular weight is 1690 g/mol. The summed E-state index contributed by atoms with van der Waals surface area (Å²) in [6, 6.07) is 157. The first-order chi connectivity index (χ1) is 60.3. The zero-order valence-corrected chi connectivity index (χ0v) is 73.2. The number of nitrogens with one attached hydrogen (secondary N) is 1. The predicted molar refractivity (Wildman–Crippen MR) is 531 cm³/mol. The van der Waals surface area contributed by atoms with Crippen molar-refractivity contribution in [2.45, 2.75) is 46.0 Å². The lowest BCUT2D eigenvalue weighted by molar-refractivity contribution is 0.591. The highest BCUT2D eigenvalue weighted by Gasteiger charge is 2.57. The molecular weight excluding hydrogens is 1590 g/mol. The van der Waals surface area contributed by atoms with Gasteiger partial charge in [-0.1, -0.05) is 405 Å². The number of rotatable bonds is 7. The molecule has 24 rings (SSSR count). The normalized spacial score (nSPS) is 15.1. The van der Waals surface area contributed by atoms with Gasteiger partial charge in [-0.2, -0.15) is 0 Å². The third-order valence-corrected chi connectivity index (χ3v) is 44.2. The van der Waals surface area contributed by atoms with E-state index in [4.69, 9.17) is 11.6 Å². The Morgan fingerprint density at radius 2 is 0.532 bits per heavy atom. The third-order valence-electron chi connectivity index (χ3n) is 27.0. The largest absolute Gasteiger partial charge is 0.355 e. The maximum Gasteiger partial charge on any atom is 0.181 e. The minimum atomic E-state index is -3.35. The van der Waals surface area contributed by atoms with Crippen molar-refractivity contribution >= 4 is 144 Å². The van der Waals surface area contributed by atoms with Crippen LogP contribution in [0.15, 0.2) is 437 Å². The number of hydrogen-bond donors (Lipinski definition) is 1.